The van der Waals surface area contributed by atoms with Crippen LogP contribution in [0, 0.1) is 0 Å². The summed E-state index contributed by atoms with van der Waals surface area (Å²) in [6.07, 6.45) is 2.65. The molecule has 3 heterocycles. The average molecular weight is 397 g/mol. The van der Waals surface area contributed by atoms with E-state index in [9.17, 15) is 4.79 Å². The van der Waals surface area contributed by atoms with Gasteiger partial charge in [0.1, 0.15) is 0 Å². The Morgan fingerprint density at radius 3 is 2.78 bits per heavy atom. The maximum absolute atomic E-state index is 12.0. The number of amides is 1. The van der Waals surface area contributed by atoms with E-state index in [4.69, 9.17) is 0 Å². The molecule has 0 fully saturated rings. The smallest absolute Gasteiger partial charge is 0.236 e. The van der Waals surface area contributed by atoms with Gasteiger partial charge < -0.3 is 5.32 Å². The number of nitrogens with one attached hydrogen (secondary N) is 1. The Labute approximate surface area is 163 Å². The molecule has 1 N–H and O–H groups in total. The highest BCUT2D eigenvalue weighted by atomic mass is 32.2. The first-order valence-electron chi connectivity index (χ1n) is 8.37. The third kappa shape index (κ3) is 3.99. The molecule has 0 aliphatic heterocycles. The summed E-state index contributed by atoms with van der Waals surface area (Å²) in [6, 6.07) is 12.1. The Hall–Kier alpha value is -2.78. The number of thiazole rings is 1. The second-order valence-electron chi connectivity index (χ2n) is 5.70. The molecule has 136 valence electrons. The second-order valence-corrected chi connectivity index (χ2v) is 7.53. The number of carbonyl (C=O) groups excluding carboxylic acids is 1. The van der Waals surface area contributed by atoms with E-state index in [-0.39, 0.29) is 11.7 Å². The van der Waals surface area contributed by atoms with Crippen molar-refractivity contribution in [2.24, 2.45) is 0 Å². The normalized spacial score (nSPS) is 11.0. The van der Waals surface area contributed by atoms with E-state index < -0.39 is 0 Å². The Bertz CT molecular complexity index is 1060. The third-order valence-electron chi connectivity index (χ3n) is 3.90. The maximum Gasteiger partial charge on any atom is 0.236 e. The molecular formula is C18H16N6OS2. The lowest BCUT2D eigenvalue weighted by atomic mass is 10.1. The predicted octanol–water partition coefficient (Wildman–Crippen LogP) is 3.54. The zero-order chi connectivity index (χ0) is 18.6. The highest BCUT2D eigenvalue weighted by Gasteiger charge is 2.12. The molecule has 0 saturated heterocycles. The van der Waals surface area contributed by atoms with E-state index in [1.165, 1.54) is 28.7 Å². The van der Waals surface area contributed by atoms with Crippen LogP contribution < -0.4 is 5.32 Å². The van der Waals surface area contributed by atoms with Gasteiger partial charge in [0.05, 0.1) is 11.4 Å². The monoisotopic (exact) mass is 396 g/mol. The average Bonchev–Trinajstić information content (AvgIpc) is 3.35. The molecule has 1 aromatic carbocycles. The van der Waals surface area contributed by atoms with E-state index in [0.717, 1.165) is 17.7 Å². The minimum atomic E-state index is -0.141. The molecule has 0 radical (unpaired) electrons. The summed E-state index contributed by atoms with van der Waals surface area (Å²) in [7, 11) is 0. The maximum atomic E-state index is 12.0. The zero-order valence-corrected chi connectivity index (χ0v) is 16.1. The fourth-order valence-electron chi connectivity index (χ4n) is 2.49. The molecule has 0 bridgehead atoms. The number of hydrogen-bond acceptors (Lipinski definition) is 7. The van der Waals surface area contributed by atoms with Gasteiger partial charge in [-0.05, 0) is 24.1 Å². The van der Waals surface area contributed by atoms with Crippen LogP contribution in [-0.4, -0.2) is 36.5 Å². The van der Waals surface area contributed by atoms with Gasteiger partial charge >= 0.3 is 0 Å². The molecule has 0 atom stereocenters. The number of carbonyl (C=O) groups is 1. The Balaban J connectivity index is 1.52. The van der Waals surface area contributed by atoms with Crippen molar-refractivity contribution in [3.63, 3.8) is 0 Å². The molecule has 0 spiro atoms. The van der Waals surface area contributed by atoms with Gasteiger partial charge in [0.15, 0.2) is 10.8 Å². The predicted molar refractivity (Wildman–Crippen MR) is 107 cm³/mol. The molecule has 4 aromatic rings. The van der Waals surface area contributed by atoms with E-state index in [2.05, 4.69) is 56.8 Å². The molecule has 0 aliphatic rings. The summed E-state index contributed by atoms with van der Waals surface area (Å²) in [5, 5.41) is 18.6. The van der Waals surface area contributed by atoms with E-state index in [1.807, 2.05) is 17.5 Å². The highest BCUT2D eigenvalue weighted by molar-refractivity contribution is 7.99. The van der Waals surface area contributed by atoms with Gasteiger partial charge in [-0.15, -0.1) is 21.5 Å². The highest BCUT2D eigenvalue weighted by Crippen LogP contribution is 2.21. The topological polar surface area (TPSA) is 85.1 Å². The zero-order valence-electron chi connectivity index (χ0n) is 14.5. The minimum Gasteiger partial charge on any atom is -0.301 e. The van der Waals surface area contributed by atoms with Crippen LogP contribution in [0.3, 0.4) is 0 Å². The molecule has 27 heavy (non-hydrogen) atoms. The first kappa shape index (κ1) is 17.6. The molecule has 9 heteroatoms. The van der Waals surface area contributed by atoms with Crippen molar-refractivity contribution in [3.8, 4) is 11.3 Å². The van der Waals surface area contributed by atoms with E-state index in [0.29, 0.717) is 15.9 Å². The number of hydrogen-bond donors (Lipinski definition) is 1. The van der Waals surface area contributed by atoms with Gasteiger partial charge in [0, 0.05) is 17.1 Å². The number of fused-ring (bicyclic) bond motifs is 1. The molecule has 3 aromatic heterocycles. The number of anilines is 1. The molecular weight excluding hydrogens is 380 g/mol. The van der Waals surface area contributed by atoms with Gasteiger partial charge in [-0.1, -0.05) is 43.0 Å². The first-order valence-corrected chi connectivity index (χ1v) is 10.2. The lowest BCUT2D eigenvalue weighted by molar-refractivity contribution is -0.113. The number of nitrogens with zero attached hydrogens (tertiary/aromatic N) is 5. The number of benzene rings is 1. The molecule has 1 amide bonds. The van der Waals surface area contributed by atoms with Crippen molar-refractivity contribution in [2.45, 2.75) is 18.5 Å². The molecule has 0 unspecified atom stereocenters. The standard InChI is InChI=1S/C18H16N6OS2/c1-2-12-3-5-13(6-4-12)14-7-8-15-21-22-18(24(15)23-14)27-11-16(25)20-17-19-9-10-26-17/h3-10H,2,11H2,1H3,(H,19,20,25). The number of thioether (sulfide) groups is 1. The lowest BCUT2D eigenvalue weighted by Crippen LogP contribution is -2.14. The molecule has 0 saturated carbocycles. The summed E-state index contributed by atoms with van der Waals surface area (Å²) in [4.78, 5) is 16.1. The molecule has 4 rings (SSSR count). The van der Waals surface area contributed by atoms with Crippen LogP contribution in [0.1, 0.15) is 12.5 Å². The van der Waals surface area contributed by atoms with Gasteiger partial charge in [-0.2, -0.15) is 9.61 Å². The van der Waals surface area contributed by atoms with Crippen LogP contribution in [0.4, 0.5) is 5.13 Å². The summed E-state index contributed by atoms with van der Waals surface area (Å²) < 4.78 is 1.67. The lowest BCUT2D eigenvalue weighted by Gasteiger charge is -2.04. The summed E-state index contributed by atoms with van der Waals surface area (Å²) in [5.74, 6) is 0.0651. The summed E-state index contributed by atoms with van der Waals surface area (Å²) >= 11 is 2.67. The Kier molecular flexibility index (Phi) is 5.12. The number of aromatic nitrogens is 5. The van der Waals surface area contributed by atoms with Gasteiger partial charge in [0.2, 0.25) is 11.1 Å². The van der Waals surface area contributed by atoms with Gasteiger partial charge in [-0.3, -0.25) is 4.79 Å². The van der Waals surface area contributed by atoms with Crippen LogP contribution in [0.15, 0.2) is 53.1 Å². The van der Waals surface area contributed by atoms with E-state index in [1.54, 1.807) is 10.7 Å². The van der Waals surface area contributed by atoms with Crippen LogP contribution >= 0.6 is 23.1 Å². The third-order valence-corrected chi connectivity index (χ3v) is 5.51. The van der Waals surface area contributed by atoms with Crippen molar-refractivity contribution in [3.05, 3.63) is 53.5 Å². The minimum absolute atomic E-state index is 0.141. The fraction of sp³-hybridized carbons (Fsp3) is 0.167. The van der Waals surface area contributed by atoms with Gasteiger partial charge in [-0.25, -0.2) is 4.98 Å². The van der Waals surface area contributed by atoms with Gasteiger partial charge in [0.25, 0.3) is 0 Å². The van der Waals surface area contributed by atoms with Crippen molar-refractivity contribution in [2.75, 3.05) is 11.1 Å². The fourth-order valence-corrected chi connectivity index (χ4v) is 3.73. The van der Waals surface area contributed by atoms with Crippen molar-refractivity contribution in [1.82, 2.24) is 24.8 Å². The number of rotatable bonds is 6. The Morgan fingerprint density at radius 1 is 1.19 bits per heavy atom. The number of aryl methyl sites for hydroxylation is 1. The van der Waals surface area contributed by atoms with E-state index >= 15 is 0 Å². The second kappa shape index (κ2) is 7.85. The van der Waals surface area contributed by atoms with Crippen molar-refractivity contribution in [1.29, 1.82) is 0 Å². The van der Waals surface area contributed by atoms with Crippen molar-refractivity contribution < 1.29 is 4.79 Å². The van der Waals surface area contributed by atoms with Crippen LogP contribution in [-0.2, 0) is 11.2 Å². The van der Waals surface area contributed by atoms with Crippen LogP contribution in [0.5, 0.6) is 0 Å². The molecule has 0 aliphatic carbocycles. The van der Waals surface area contributed by atoms with Crippen LogP contribution in [0.2, 0.25) is 0 Å². The summed E-state index contributed by atoms with van der Waals surface area (Å²) in [6.45, 7) is 2.13. The van der Waals surface area contributed by atoms with Crippen molar-refractivity contribution >= 4 is 39.8 Å². The largest absolute Gasteiger partial charge is 0.301 e. The molecule has 7 nitrogen and oxygen atoms in total. The first-order chi connectivity index (χ1) is 13.2. The summed E-state index contributed by atoms with van der Waals surface area (Å²) in [5.41, 5.74) is 3.79. The SMILES string of the molecule is CCc1ccc(-c2ccc3nnc(SCC(=O)Nc4nccs4)n3n2)cc1. The Morgan fingerprint density at radius 2 is 2.04 bits per heavy atom. The quantitative estimate of drug-likeness (QED) is 0.502. The van der Waals surface area contributed by atoms with Crippen LogP contribution in [0.25, 0.3) is 16.9 Å².